The molecule has 10 heavy (non-hydrogen) atoms. The van der Waals surface area contributed by atoms with E-state index in [1.54, 1.807) is 0 Å². The summed E-state index contributed by atoms with van der Waals surface area (Å²) in [6, 6.07) is 0. The summed E-state index contributed by atoms with van der Waals surface area (Å²) in [5.41, 5.74) is 0. The van der Waals surface area contributed by atoms with Crippen molar-refractivity contribution >= 4 is 81.8 Å². The van der Waals surface area contributed by atoms with Crippen molar-refractivity contribution in [1.82, 2.24) is 0 Å². The monoisotopic (exact) mass is 274 g/mol. The number of phosphoric acid groups is 1. The van der Waals surface area contributed by atoms with Crippen LogP contribution in [-0.2, 0) is 48.0 Å². The fraction of sp³-hybridized carbons (Fsp3) is 0. The van der Waals surface area contributed by atoms with Gasteiger partial charge in [-0.3, -0.25) is 0 Å². The molecule has 0 rings (SSSR count). The number of hydrogen-bond donors (Lipinski definition) is 3. The summed E-state index contributed by atoms with van der Waals surface area (Å²) < 4.78 is 8.88. The van der Waals surface area contributed by atoms with Crippen LogP contribution in [0.5, 0.6) is 0 Å². The van der Waals surface area contributed by atoms with Crippen molar-refractivity contribution in [3.05, 3.63) is 0 Å². The smallest absolute Gasteiger partial charge is 0 e. The summed E-state index contributed by atoms with van der Waals surface area (Å²) in [5, 5.41) is 0. The van der Waals surface area contributed by atoms with Gasteiger partial charge in [-0.15, -0.1) is 0 Å². The predicted octanol–water partition coefficient (Wildman–Crippen LogP) is -3.68. The first kappa shape index (κ1) is 37.0. The van der Waals surface area contributed by atoms with Crippen LogP contribution < -0.4 is 0 Å². The van der Waals surface area contributed by atoms with Crippen LogP contribution in [0.15, 0.2) is 0 Å². The number of hydrogen-bond acceptors (Lipinski definition) is 1. The van der Waals surface area contributed by atoms with E-state index in [-0.39, 0.29) is 117 Å². The van der Waals surface area contributed by atoms with Crippen molar-refractivity contribution in [3.63, 3.8) is 0 Å². The average Bonchev–Trinajstić information content (AvgIpc) is 0.722. The van der Waals surface area contributed by atoms with E-state index < -0.39 is 7.82 Å². The molecule has 0 aliphatic heterocycles. The second kappa shape index (κ2) is 18.7. The van der Waals surface area contributed by atoms with Crippen LogP contribution in [0.1, 0.15) is 0 Å². The summed E-state index contributed by atoms with van der Waals surface area (Å²) in [7, 11) is -4.64. The van der Waals surface area contributed by atoms with E-state index in [4.69, 9.17) is 19.2 Å². The fourth-order valence-electron chi connectivity index (χ4n) is 0. The molecular formula is H9AlCaLiO4PTi2. The first-order chi connectivity index (χ1) is 2.00. The van der Waals surface area contributed by atoms with E-state index in [2.05, 4.69) is 0 Å². The van der Waals surface area contributed by atoms with Crippen LogP contribution >= 0.6 is 7.82 Å². The van der Waals surface area contributed by atoms with Crippen molar-refractivity contribution in [3.8, 4) is 0 Å². The Kier molecular flexibility index (Phi) is 69.1. The Morgan fingerprint density at radius 2 is 1.00 bits per heavy atom. The molecule has 0 aromatic carbocycles. The Morgan fingerprint density at radius 1 is 1.00 bits per heavy atom. The normalized spacial score (nSPS) is 5.90. The Morgan fingerprint density at radius 3 is 1.00 bits per heavy atom. The molecule has 0 bridgehead atoms. The van der Waals surface area contributed by atoms with Gasteiger partial charge in [0.25, 0.3) is 0 Å². The molecule has 0 aromatic rings. The molecule has 0 aromatic heterocycles. The first-order valence-electron chi connectivity index (χ1n) is 0.783. The quantitative estimate of drug-likeness (QED) is 0.314. The predicted molar refractivity (Wildman–Crippen MR) is 39.9 cm³/mol. The maximum Gasteiger partial charge on any atom is 0 e. The van der Waals surface area contributed by atoms with Crippen molar-refractivity contribution in [2.24, 2.45) is 0 Å². The summed E-state index contributed by atoms with van der Waals surface area (Å²) >= 11 is 0. The Labute approximate surface area is 142 Å². The molecule has 0 saturated heterocycles. The molecule has 0 heterocycles. The molecule has 0 spiro atoms. The van der Waals surface area contributed by atoms with Crippen molar-refractivity contribution in [1.29, 1.82) is 0 Å². The van der Waals surface area contributed by atoms with E-state index in [1.807, 2.05) is 0 Å². The molecule has 3 N–H and O–H groups in total. The molecule has 10 heteroatoms. The minimum absolute atomic E-state index is 0. The molecule has 52 valence electrons. The van der Waals surface area contributed by atoms with Gasteiger partial charge in [0.1, 0.15) is 0 Å². The van der Waals surface area contributed by atoms with E-state index in [9.17, 15) is 0 Å². The van der Waals surface area contributed by atoms with E-state index in [0.29, 0.717) is 0 Å². The molecule has 0 amide bonds. The van der Waals surface area contributed by atoms with Crippen molar-refractivity contribution in [2.45, 2.75) is 0 Å². The molecule has 4 nitrogen and oxygen atoms in total. The average molecular weight is 274 g/mol. The molecule has 0 aliphatic carbocycles. The Bertz CT molecular complexity index is 69.4. The topological polar surface area (TPSA) is 77.8 Å². The van der Waals surface area contributed by atoms with Crippen LogP contribution in [0.4, 0.5) is 0 Å². The van der Waals surface area contributed by atoms with Gasteiger partial charge >= 0.3 is 64.4 Å². The van der Waals surface area contributed by atoms with Gasteiger partial charge in [-0.25, -0.2) is 4.57 Å². The van der Waals surface area contributed by atoms with Crippen LogP contribution in [0.3, 0.4) is 0 Å². The van der Waals surface area contributed by atoms with Gasteiger partial charge in [-0.05, 0) is 0 Å². The van der Waals surface area contributed by atoms with Crippen LogP contribution in [0.25, 0.3) is 0 Å². The largest absolute Gasteiger partial charge is 0 e. The first-order valence-corrected chi connectivity index (χ1v) is 2.35. The maximum atomic E-state index is 8.88. The molecule has 0 atom stereocenters. The fourth-order valence-corrected chi connectivity index (χ4v) is 0. The third kappa shape index (κ3) is 92.3. The van der Waals surface area contributed by atoms with Gasteiger partial charge in [0.2, 0.25) is 0 Å². The van der Waals surface area contributed by atoms with Gasteiger partial charge in [0, 0.05) is 43.4 Å². The van der Waals surface area contributed by atoms with Gasteiger partial charge in [-0.2, -0.15) is 0 Å². The van der Waals surface area contributed by atoms with Gasteiger partial charge < -0.3 is 14.7 Å². The standard InChI is InChI=1S/Al.Ca.Li.H3O4P.2Ti.6H/c;;;1-5(2,3)4;;;;;;;;/h;;;(H3,1,2,3,4);;;;;;;;. The van der Waals surface area contributed by atoms with E-state index >= 15 is 0 Å². The molecule has 0 fully saturated rings. The molecule has 0 radical (unpaired) electrons. The van der Waals surface area contributed by atoms with E-state index in [1.165, 1.54) is 0 Å². The maximum absolute atomic E-state index is 8.88. The van der Waals surface area contributed by atoms with Gasteiger partial charge in [0.15, 0.2) is 17.4 Å². The van der Waals surface area contributed by atoms with Crippen molar-refractivity contribution in [2.75, 3.05) is 0 Å². The second-order valence-corrected chi connectivity index (χ2v) is 1.54. The molecule has 0 saturated carbocycles. The van der Waals surface area contributed by atoms with Crippen LogP contribution in [0, 0.1) is 0 Å². The SMILES string of the molecule is O=P(O)(O)O.[AlH3].[CaH2].[LiH].[Ti].[Ti]. The van der Waals surface area contributed by atoms with Gasteiger partial charge in [-0.1, -0.05) is 0 Å². The number of rotatable bonds is 0. The summed E-state index contributed by atoms with van der Waals surface area (Å²) in [4.78, 5) is 21.6. The van der Waals surface area contributed by atoms with E-state index in [0.717, 1.165) is 0 Å². The third-order valence-corrected chi connectivity index (χ3v) is 0. The van der Waals surface area contributed by atoms with Crippen LogP contribution in [0.2, 0.25) is 0 Å². The summed E-state index contributed by atoms with van der Waals surface area (Å²) in [5.74, 6) is 0. The van der Waals surface area contributed by atoms with Crippen LogP contribution in [-0.4, -0.2) is 88.6 Å². The summed E-state index contributed by atoms with van der Waals surface area (Å²) in [6.07, 6.45) is 0. The Balaban J connectivity index is -0.00000000800. The molecule has 0 unspecified atom stereocenters. The summed E-state index contributed by atoms with van der Waals surface area (Å²) in [6.45, 7) is 0. The molecule has 0 aliphatic rings. The van der Waals surface area contributed by atoms with Gasteiger partial charge in [0.05, 0.1) is 0 Å². The Hall–Kier alpha value is 3.93. The third-order valence-electron chi connectivity index (χ3n) is 0. The minimum atomic E-state index is -4.64. The minimum Gasteiger partial charge on any atom is 0 e. The van der Waals surface area contributed by atoms with Crippen molar-refractivity contribution < 1.29 is 62.7 Å². The zero-order valence-electron chi connectivity index (χ0n) is 3.20. The zero-order chi connectivity index (χ0) is 4.50. The zero-order valence-corrected chi connectivity index (χ0v) is 7.21. The molecular weight excluding hydrogens is 265 g/mol. The second-order valence-electron chi connectivity index (χ2n) is 0.513.